The van der Waals surface area contributed by atoms with Gasteiger partial charge in [0.2, 0.25) is 5.91 Å². The van der Waals surface area contributed by atoms with E-state index >= 15 is 0 Å². The van der Waals surface area contributed by atoms with Crippen LogP contribution in [-0.2, 0) is 25.3 Å². The Kier molecular flexibility index (Phi) is 9.58. The van der Waals surface area contributed by atoms with Crippen LogP contribution >= 0.6 is 11.6 Å². The molecule has 0 saturated carbocycles. The lowest BCUT2D eigenvalue weighted by Gasteiger charge is -2.32. The minimum atomic E-state index is -0.919. The molecule has 0 aromatic heterocycles. The lowest BCUT2D eigenvalue weighted by molar-refractivity contribution is -0.124. The zero-order valence-electron chi connectivity index (χ0n) is 21.7. The maximum atomic E-state index is 13.4. The van der Waals surface area contributed by atoms with Gasteiger partial charge in [0.25, 0.3) is 5.91 Å². The largest absolute Gasteiger partial charge is 0.481 e. The summed E-state index contributed by atoms with van der Waals surface area (Å²) in [6.07, 6.45) is 2.31. The highest BCUT2D eigenvalue weighted by atomic mass is 35.5. The molecule has 2 amide bonds. The Morgan fingerprint density at radius 1 is 0.972 bits per heavy atom. The van der Waals surface area contributed by atoms with Gasteiger partial charge in [0, 0.05) is 7.11 Å². The van der Waals surface area contributed by atoms with Gasteiger partial charge in [0.1, 0.15) is 6.04 Å². The number of halogens is 1. The first-order valence-corrected chi connectivity index (χ1v) is 12.7. The summed E-state index contributed by atoms with van der Waals surface area (Å²) >= 11 is 6.17. The summed E-state index contributed by atoms with van der Waals surface area (Å²) in [5.41, 5.74) is 0.438. The van der Waals surface area contributed by atoms with Crippen molar-refractivity contribution in [2.45, 2.75) is 70.1 Å². The molecule has 194 valence electrons. The molecule has 1 heterocycles. The first kappa shape index (κ1) is 28.2. The van der Waals surface area contributed by atoms with E-state index in [1.54, 1.807) is 24.3 Å². The normalized spacial score (nSPS) is 17.9. The molecule has 2 aromatic carbocycles. The Bertz CT molecular complexity index is 1020. The van der Waals surface area contributed by atoms with Crippen LogP contribution in [0.5, 0.6) is 0 Å². The first-order chi connectivity index (χ1) is 17.0. The minimum absolute atomic E-state index is 0.00211. The number of hydrogen-bond donors (Lipinski definition) is 2. The van der Waals surface area contributed by atoms with Gasteiger partial charge in [-0.3, -0.25) is 9.59 Å². The number of hydrogen-bond acceptors (Lipinski definition) is 5. The first-order valence-electron chi connectivity index (χ1n) is 12.3. The predicted molar refractivity (Wildman–Crippen MR) is 142 cm³/mol. The number of aryl methyl sites for hydroxylation is 1. The van der Waals surface area contributed by atoms with Gasteiger partial charge >= 0.3 is 7.12 Å². The smallest absolute Gasteiger partial charge is 0.402 e. The van der Waals surface area contributed by atoms with Gasteiger partial charge in [-0.25, -0.2) is 0 Å². The van der Waals surface area contributed by atoms with Crippen molar-refractivity contribution in [3.8, 4) is 0 Å². The molecule has 9 heteroatoms. The maximum Gasteiger partial charge on any atom is 0.481 e. The number of rotatable bonds is 11. The molecular weight excluding hydrogens is 479 g/mol. The number of carbonyl (C=O) groups excluding carboxylic acids is 2. The van der Waals surface area contributed by atoms with E-state index in [0.29, 0.717) is 17.0 Å². The Morgan fingerprint density at radius 3 is 2.19 bits per heavy atom. The van der Waals surface area contributed by atoms with Gasteiger partial charge in [-0.2, -0.15) is 0 Å². The van der Waals surface area contributed by atoms with E-state index in [9.17, 15) is 9.59 Å². The van der Waals surface area contributed by atoms with E-state index in [1.165, 1.54) is 12.7 Å². The summed E-state index contributed by atoms with van der Waals surface area (Å²) in [6, 6.07) is 16.0. The van der Waals surface area contributed by atoms with Gasteiger partial charge in [0.15, 0.2) is 0 Å². The van der Waals surface area contributed by atoms with Gasteiger partial charge in [-0.15, -0.1) is 0 Å². The topological polar surface area (TPSA) is 85.9 Å². The quantitative estimate of drug-likeness (QED) is 0.439. The molecule has 7 nitrogen and oxygen atoms in total. The Labute approximate surface area is 219 Å². The second-order valence-electron chi connectivity index (χ2n) is 10.1. The van der Waals surface area contributed by atoms with Crippen LogP contribution in [0.25, 0.3) is 0 Å². The van der Waals surface area contributed by atoms with E-state index in [1.807, 2.05) is 45.9 Å². The number of carbonyl (C=O) groups is 2. The number of amides is 2. The monoisotopic (exact) mass is 514 g/mol. The van der Waals surface area contributed by atoms with Crippen LogP contribution in [0.4, 0.5) is 0 Å². The average Bonchev–Trinajstić information content (AvgIpc) is 3.05. The van der Waals surface area contributed by atoms with Crippen LogP contribution in [-0.4, -0.2) is 55.8 Å². The second kappa shape index (κ2) is 12.2. The number of methoxy groups -OCH3 is 1. The van der Waals surface area contributed by atoms with Crippen molar-refractivity contribution in [3.05, 3.63) is 70.7 Å². The van der Waals surface area contributed by atoms with Crippen LogP contribution in [0, 0.1) is 0 Å². The van der Waals surface area contributed by atoms with Gasteiger partial charge in [0.05, 0.1) is 34.3 Å². The molecule has 1 aliphatic rings. The lowest BCUT2D eigenvalue weighted by atomic mass is 9.75. The summed E-state index contributed by atoms with van der Waals surface area (Å²) < 4.78 is 17.8. The van der Waals surface area contributed by atoms with E-state index in [-0.39, 0.29) is 12.5 Å². The molecule has 36 heavy (non-hydrogen) atoms. The van der Waals surface area contributed by atoms with Crippen LogP contribution in [0.3, 0.4) is 0 Å². The predicted octanol–water partition coefficient (Wildman–Crippen LogP) is 4.22. The van der Waals surface area contributed by atoms with Crippen LogP contribution in [0.15, 0.2) is 54.6 Å². The van der Waals surface area contributed by atoms with Crippen LogP contribution < -0.4 is 10.6 Å². The average molecular weight is 515 g/mol. The molecule has 2 N–H and O–H groups in total. The fraction of sp³-hybridized carbons (Fsp3) is 0.481. The van der Waals surface area contributed by atoms with Crippen molar-refractivity contribution in [2.24, 2.45) is 0 Å². The highest BCUT2D eigenvalue weighted by Crippen LogP contribution is 2.38. The summed E-state index contributed by atoms with van der Waals surface area (Å²) in [7, 11) is 0.852. The van der Waals surface area contributed by atoms with E-state index in [2.05, 4.69) is 22.8 Å². The fourth-order valence-electron chi connectivity index (χ4n) is 4.01. The SMILES string of the molecule is COCC(NC(=O)c1ccccc1Cl)C(=O)NC(CCCc1ccccc1)B1OC(C)(C)C(C)(C)O1. The summed E-state index contributed by atoms with van der Waals surface area (Å²) in [5, 5.41) is 6.11. The third kappa shape index (κ3) is 7.10. The molecule has 3 rings (SSSR count). The third-order valence-corrected chi connectivity index (χ3v) is 7.15. The van der Waals surface area contributed by atoms with Crippen molar-refractivity contribution in [1.29, 1.82) is 0 Å². The minimum Gasteiger partial charge on any atom is -0.402 e. The fourth-order valence-corrected chi connectivity index (χ4v) is 4.24. The summed E-state index contributed by atoms with van der Waals surface area (Å²) in [4.78, 5) is 26.2. The highest BCUT2D eigenvalue weighted by Gasteiger charge is 2.54. The van der Waals surface area contributed by atoms with E-state index < -0.39 is 36.2 Å². The van der Waals surface area contributed by atoms with Gasteiger partial charge in [-0.05, 0) is 64.7 Å². The van der Waals surface area contributed by atoms with E-state index in [0.717, 1.165) is 12.8 Å². The number of benzene rings is 2. The Hall–Kier alpha value is -2.39. The molecule has 2 atom stereocenters. The van der Waals surface area contributed by atoms with Crippen LogP contribution in [0.2, 0.25) is 5.02 Å². The molecule has 0 aliphatic carbocycles. The molecule has 0 spiro atoms. The zero-order chi connectivity index (χ0) is 26.3. The van der Waals surface area contributed by atoms with Gasteiger partial charge in [-0.1, -0.05) is 54.1 Å². The lowest BCUT2D eigenvalue weighted by Crippen LogP contribution is -2.56. The number of nitrogens with one attached hydrogen (secondary N) is 2. The molecule has 0 radical (unpaired) electrons. The van der Waals surface area contributed by atoms with E-state index in [4.69, 9.17) is 25.6 Å². The maximum absolute atomic E-state index is 13.4. The summed E-state index contributed by atoms with van der Waals surface area (Å²) in [6.45, 7) is 7.92. The molecule has 1 saturated heterocycles. The molecule has 0 bridgehead atoms. The molecule has 2 aromatic rings. The van der Waals surface area contributed by atoms with Crippen molar-refractivity contribution >= 4 is 30.5 Å². The second-order valence-corrected chi connectivity index (χ2v) is 10.5. The molecule has 2 unspecified atom stereocenters. The Morgan fingerprint density at radius 2 is 1.58 bits per heavy atom. The third-order valence-electron chi connectivity index (χ3n) is 6.82. The standard InChI is InChI=1S/C27H36BClN2O5/c1-26(2)27(3,4)36-28(35-26)23(17-11-14-19-12-7-6-8-13-19)31-25(33)22(18-34-5)30-24(32)20-15-9-10-16-21(20)29/h6-10,12-13,15-16,22-23H,11,14,17-18H2,1-5H3,(H,30,32)(H,31,33). The Balaban J connectivity index is 1.72. The number of ether oxygens (including phenoxy) is 1. The molecule has 1 aliphatic heterocycles. The van der Waals surface area contributed by atoms with Crippen LogP contribution in [0.1, 0.15) is 56.5 Å². The van der Waals surface area contributed by atoms with Crippen molar-refractivity contribution in [2.75, 3.05) is 13.7 Å². The van der Waals surface area contributed by atoms with Crippen molar-refractivity contribution < 1.29 is 23.6 Å². The summed E-state index contributed by atoms with van der Waals surface area (Å²) in [5.74, 6) is -1.25. The highest BCUT2D eigenvalue weighted by molar-refractivity contribution is 6.48. The zero-order valence-corrected chi connectivity index (χ0v) is 22.4. The van der Waals surface area contributed by atoms with Crippen molar-refractivity contribution in [3.63, 3.8) is 0 Å². The molecular formula is C27H36BClN2O5. The molecule has 1 fully saturated rings. The van der Waals surface area contributed by atoms with Crippen molar-refractivity contribution in [1.82, 2.24) is 10.6 Å². The van der Waals surface area contributed by atoms with Gasteiger partial charge < -0.3 is 24.7 Å².